The third-order valence-electron chi connectivity index (χ3n) is 3.17. The topological polar surface area (TPSA) is 36.4 Å². The van der Waals surface area contributed by atoms with Crippen molar-refractivity contribution in [2.24, 2.45) is 4.99 Å². The van der Waals surface area contributed by atoms with Gasteiger partial charge in [0.2, 0.25) is 0 Å². The van der Waals surface area contributed by atoms with Gasteiger partial charge in [0.05, 0.1) is 12.1 Å². The second-order valence-electron chi connectivity index (χ2n) is 4.32. The van der Waals surface area contributed by atoms with Crippen LogP contribution in [0.2, 0.25) is 0 Å². The van der Waals surface area contributed by atoms with E-state index in [0.29, 0.717) is 12.1 Å². The molecule has 1 aromatic rings. The van der Waals surface area contributed by atoms with Crippen molar-refractivity contribution in [3.8, 4) is 0 Å². The van der Waals surface area contributed by atoms with E-state index in [1.54, 1.807) is 0 Å². The van der Waals surface area contributed by atoms with Crippen molar-refractivity contribution in [1.29, 1.82) is 0 Å². The smallest absolute Gasteiger partial charge is 0.102 e. The lowest BCUT2D eigenvalue weighted by atomic mass is 10.1. The molecule has 2 N–H and O–H groups in total. The van der Waals surface area contributed by atoms with Gasteiger partial charge in [-0.15, -0.1) is 0 Å². The number of aliphatic imine (C=N–C) groups is 1. The molecule has 3 nitrogen and oxygen atoms in total. The van der Waals surface area contributed by atoms with Crippen LogP contribution in [0.25, 0.3) is 0 Å². The van der Waals surface area contributed by atoms with E-state index in [1.165, 1.54) is 5.56 Å². The van der Waals surface area contributed by atoms with Gasteiger partial charge in [-0.2, -0.15) is 0 Å². The molecule has 0 amide bonds. The molecular formula is C12H14BrN3. The van der Waals surface area contributed by atoms with E-state index in [1.807, 2.05) is 6.07 Å². The summed E-state index contributed by atoms with van der Waals surface area (Å²) in [6.07, 6.45) is 0.897. The Hall–Kier alpha value is -0.870. The number of amidine groups is 1. The van der Waals surface area contributed by atoms with Crippen molar-refractivity contribution >= 4 is 21.8 Å². The standard InChI is InChI=1S/C12H14BrN3/c13-9-4-2-1-3-8(9)5-12-15-10-6-14-7-11(10)16-12/h1-4,10-11,14H,5-7H2,(H,15,16). The van der Waals surface area contributed by atoms with Crippen LogP contribution in [0.15, 0.2) is 33.7 Å². The monoisotopic (exact) mass is 279 g/mol. The number of fused-ring (bicyclic) bond motifs is 1. The first-order chi connectivity index (χ1) is 7.83. The fourth-order valence-electron chi connectivity index (χ4n) is 2.32. The van der Waals surface area contributed by atoms with Gasteiger partial charge in [-0.1, -0.05) is 34.1 Å². The van der Waals surface area contributed by atoms with Gasteiger partial charge >= 0.3 is 0 Å². The van der Waals surface area contributed by atoms with E-state index < -0.39 is 0 Å². The highest BCUT2D eigenvalue weighted by Crippen LogP contribution is 2.19. The zero-order valence-corrected chi connectivity index (χ0v) is 10.5. The highest BCUT2D eigenvalue weighted by molar-refractivity contribution is 9.10. The average Bonchev–Trinajstić information content (AvgIpc) is 2.81. The Balaban J connectivity index is 1.75. The Kier molecular flexibility index (Phi) is 2.69. The molecule has 0 spiro atoms. The van der Waals surface area contributed by atoms with Crippen molar-refractivity contribution in [3.05, 3.63) is 34.3 Å². The highest BCUT2D eigenvalue weighted by atomic mass is 79.9. The van der Waals surface area contributed by atoms with Crippen LogP contribution in [-0.4, -0.2) is 31.0 Å². The van der Waals surface area contributed by atoms with Gasteiger partial charge in [-0.3, -0.25) is 4.99 Å². The lowest BCUT2D eigenvalue weighted by Crippen LogP contribution is -2.35. The minimum atomic E-state index is 0.442. The number of nitrogens with one attached hydrogen (secondary N) is 2. The van der Waals surface area contributed by atoms with Crippen molar-refractivity contribution in [1.82, 2.24) is 10.6 Å². The average molecular weight is 280 g/mol. The minimum Gasteiger partial charge on any atom is -0.367 e. The van der Waals surface area contributed by atoms with Crippen LogP contribution in [-0.2, 0) is 6.42 Å². The zero-order valence-electron chi connectivity index (χ0n) is 8.91. The minimum absolute atomic E-state index is 0.442. The molecule has 2 aliphatic heterocycles. The fraction of sp³-hybridized carbons (Fsp3) is 0.417. The van der Waals surface area contributed by atoms with Crippen LogP contribution in [0.4, 0.5) is 0 Å². The van der Waals surface area contributed by atoms with Crippen LogP contribution in [0.3, 0.4) is 0 Å². The zero-order chi connectivity index (χ0) is 11.0. The predicted octanol–water partition coefficient (Wildman–Crippen LogP) is 1.33. The molecule has 0 aliphatic carbocycles. The molecule has 0 aromatic heterocycles. The molecule has 0 saturated carbocycles. The van der Waals surface area contributed by atoms with Gasteiger partial charge in [0.15, 0.2) is 0 Å². The Labute approximate surface area is 103 Å². The first-order valence-electron chi connectivity index (χ1n) is 5.60. The summed E-state index contributed by atoms with van der Waals surface area (Å²) in [5.74, 6) is 1.13. The Morgan fingerprint density at radius 3 is 3.00 bits per heavy atom. The molecular weight excluding hydrogens is 266 g/mol. The number of halogens is 1. The summed E-state index contributed by atoms with van der Waals surface area (Å²) in [6.45, 7) is 2.05. The van der Waals surface area contributed by atoms with Crippen LogP contribution in [0.5, 0.6) is 0 Å². The molecule has 1 aromatic carbocycles. The molecule has 1 fully saturated rings. The molecule has 0 bridgehead atoms. The van der Waals surface area contributed by atoms with Crippen LogP contribution >= 0.6 is 15.9 Å². The van der Waals surface area contributed by atoms with E-state index in [2.05, 4.69) is 44.8 Å². The summed E-state index contributed by atoms with van der Waals surface area (Å²) >= 11 is 3.57. The maximum atomic E-state index is 4.71. The third kappa shape index (κ3) is 1.87. The number of nitrogens with zero attached hydrogens (tertiary/aromatic N) is 1. The molecule has 4 heteroatoms. The van der Waals surface area contributed by atoms with Crippen molar-refractivity contribution in [3.63, 3.8) is 0 Å². The third-order valence-corrected chi connectivity index (χ3v) is 3.95. The second-order valence-corrected chi connectivity index (χ2v) is 5.17. The maximum absolute atomic E-state index is 4.71. The molecule has 0 radical (unpaired) electrons. The van der Waals surface area contributed by atoms with Gasteiger partial charge in [0.25, 0.3) is 0 Å². The van der Waals surface area contributed by atoms with Gasteiger partial charge in [0.1, 0.15) is 5.84 Å². The molecule has 3 rings (SSSR count). The van der Waals surface area contributed by atoms with Crippen LogP contribution in [0, 0.1) is 0 Å². The van der Waals surface area contributed by atoms with E-state index in [-0.39, 0.29) is 0 Å². The first kappa shape index (κ1) is 10.3. The quantitative estimate of drug-likeness (QED) is 0.857. The van der Waals surface area contributed by atoms with E-state index in [9.17, 15) is 0 Å². The summed E-state index contributed by atoms with van der Waals surface area (Å²) in [6, 6.07) is 9.28. The highest BCUT2D eigenvalue weighted by Gasteiger charge is 2.32. The van der Waals surface area contributed by atoms with Gasteiger partial charge in [-0.25, -0.2) is 0 Å². The van der Waals surface area contributed by atoms with Crippen molar-refractivity contribution < 1.29 is 0 Å². The lowest BCUT2D eigenvalue weighted by Gasteiger charge is -2.09. The summed E-state index contributed by atoms with van der Waals surface area (Å²) < 4.78 is 1.16. The maximum Gasteiger partial charge on any atom is 0.102 e. The molecule has 2 atom stereocenters. The summed E-state index contributed by atoms with van der Waals surface area (Å²) in [5, 5.41) is 6.84. The molecule has 1 saturated heterocycles. The fourth-order valence-corrected chi connectivity index (χ4v) is 2.74. The molecule has 2 aliphatic rings. The number of hydrogen-bond donors (Lipinski definition) is 2. The van der Waals surface area contributed by atoms with E-state index in [0.717, 1.165) is 29.8 Å². The lowest BCUT2D eigenvalue weighted by molar-refractivity contribution is 0.636. The molecule has 84 valence electrons. The van der Waals surface area contributed by atoms with Gasteiger partial charge in [-0.05, 0) is 11.6 Å². The Bertz CT molecular complexity index is 430. The largest absolute Gasteiger partial charge is 0.367 e. The predicted molar refractivity (Wildman–Crippen MR) is 68.9 cm³/mol. The summed E-state index contributed by atoms with van der Waals surface area (Å²) in [5.41, 5.74) is 1.29. The normalized spacial score (nSPS) is 27.4. The van der Waals surface area contributed by atoms with Crippen molar-refractivity contribution in [2.75, 3.05) is 13.1 Å². The second kappa shape index (κ2) is 4.18. The Morgan fingerprint density at radius 1 is 1.31 bits per heavy atom. The number of rotatable bonds is 2. The Morgan fingerprint density at radius 2 is 2.19 bits per heavy atom. The van der Waals surface area contributed by atoms with E-state index >= 15 is 0 Å². The van der Waals surface area contributed by atoms with Gasteiger partial charge < -0.3 is 10.6 Å². The number of benzene rings is 1. The summed E-state index contributed by atoms with van der Waals surface area (Å²) in [4.78, 5) is 4.71. The molecule has 2 unspecified atom stereocenters. The van der Waals surface area contributed by atoms with Gasteiger partial charge in [0, 0.05) is 24.0 Å². The van der Waals surface area contributed by atoms with Crippen LogP contribution in [0.1, 0.15) is 5.56 Å². The van der Waals surface area contributed by atoms with Crippen LogP contribution < -0.4 is 10.6 Å². The van der Waals surface area contributed by atoms with E-state index in [4.69, 9.17) is 4.99 Å². The molecule has 2 heterocycles. The number of hydrogen-bond acceptors (Lipinski definition) is 3. The SMILES string of the molecule is Brc1ccccc1CC1=NC2CNCC2N1. The molecule has 16 heavy (non-hydrogen) atoms. The summed E-state index contributed by atoms with van der Waals surface area (Å²) in [7, 11) is 0. The van der Waals surface area contributed by atoms with Crippen molar-refractivity contribution in [2.45, 2.75) is 18.5 Å². The first-order valence-corrected chi connectivity index (χ1v) is 6.39.